The van der Waals surface area contributed by atoms with Gasteiger partial charge in [-0.2, -0.15) is 5.26 Å². The average molecular weight is 255 g/mol. The number of aromatic nitrogens is 1. The number of hydrogen-bond acceptors (Lipinski definition) is 4. The van der Waals surface area contributed by atoms with Crippen LogP contribution in [0, 0.1) is 16.7 Å². The zero-order chi connectivity index (χ0) is 13.9. The lowest BCUT2D eigenvalue weighted by Crippen LogP contribution is -2.13. The molecule has 2 N–H and O–H groups in total. The molecule has 0 amide bonds. The molecule has 0 spiro atoms. The number of pyridine rings is 1. The third kappa shape index (κ3) is 2.94. The van der Waals surface area contributed by atoms with Gasteiger partial charge in [0.15, 0.2) is 0 Å². The number of nitriles is 1. The third-order valence-corrected chi connectivity index (χ3v) is 3.05. The summed E-state index contributed by atoms with van der Waals surface area (Å²) < 4.78 is 5.77. The van der Waals surface area contributed by atoms with Crippen molar-refractivity contribution in [1.29, 1.82) is 5.26 Å². The summed E-state index contributed by atoms with van der Waals surface area (Å²) in [5.41, 5.74) is 6.90. The standard InChI is InChI=1S/C15H17N3O/c1-15(2,10-16)7-9-19-13-6-5-12(17)14-11(13)4-3-8-18-14/h3-6,8H,7,9,17H2,1-2H3. The van der Waals surface area contributed by atoms with Crippen molar-refractivity contribution in [2.45, 2.75) is 20.3 Å². The van der Waals surface area contributed by atoms with Crippen molar-refractivity contribution < 1.29 is 4.74 Å². The Balaban J connectivity index is 2.18. The molecule has 0 fully saturated rings. The van der Waals surface area contributed by atoms with Crippen molar-refractivity contribution in [1.82, 2.24) is 4.98 Å². The summed E-state index contributed by atoms with van der Waals surface area (Å²) in [6, 6.07) is 9.69. The molecule has 2 aromatic rings. The van der Waals surface area contributed by atoms with E-state index in [4.69, 9.17) is 15.7 Å². The number of ether oxygens (including phenoxy) is 1. The van der Waals surface area contributed by atoms with Crippen LogP contribution in [-0.4, -0.2) is 11.6 Å². The molecule has 0 aliphatic carbocycles. The Kier molecular flexibility index (Phi) is 3.57. The molecule has 0 radical (unpaired) electrons. The van der Waals surface area contributed by atoms with Gasteiger partial charge in [-0.15, -0.1) is 0 Å². The summed E-state index contributed by atoms with van der Waals surface area (Å²) in [6.45, 7) is 4.30. The van der Waals surface area contributed by atoms with E-state index in [1.165, 1.54) is 0 Å². The summed E-state index contributed by atoms with van der Waals surface area (Å²) in [6.07, 6.45) is 2.39. The van der Waals surface area contributed by atoms with Crippen LogP contribution in [0.5, 0.6) is 5.75 Å². The Morgan fingerprint density at radius 1 is 1.37 bits per heavy atom. The maximum Gasteiger partial charge on any atom is 0.128 e. The van der Waals surface area contributed by atoms with Gasteiger partial charge >= 0.3 is 0 Å². The monoisotopic (exact) mass is 255 g/mol. The van der Waals surface area contributed by atoms with E-state index in [1.807, 2.05) is 32.0 Å². The maximum absolute atomic E-state index is 8.97. The van der Waals surface area contributed by atoms with Gasteiger partial charge in [-0.25, -0.2) is 0 Å². The molecule has 0 atom stereocenters. The van der Waals surface area contributed by atoms with Gasteiger partial charge in [0.05, 0.1) is 29.3 Å². The summed E-state index contributed by atoms with van der Waals surface area (Å²) in [7, 11) is 0. The lowest BCUT2D eigenvalue weighted by molar-refractivity contribution is 0.267. The van der Waals surface area contributed by atoms with Crippen LogP contribution in [0.2, 0.25) is 0 Å². The van der Waals surface area contributed by atoms with E-state index < -0.39 is 0 Å². The van der Waals surface area contributed by atoms with E-state index >= 15 is 0 Å². The molecule has 0 saturated carbocycles. The molecule has 1 aromatic heterocycles. The van der Waals surface area contributed by atoms with Crippen molar-refractivity contribution in [3.05, 3.63) is 30.5 Å². The number of nitrogens with zero attached hydrogens (tertiary/aromatic N) is 2. The minimum Gasteiger partial charge on any atom is -0.493 e. The van der Waals surface area contributed by atoms with Crippen LogP contribution >= 0.6 is 0 Å². The molecule has 2 rings (SSSR count). The van der Waals surface area contributed by atoms with Crippen LogP contribution in [0.1, 0.15) is 20.3 Å². The van der Waals surface area contributed by atoms with E-state index in [0.717, 1.165) is 16.7 Å². The summed E-state index contributed by atoms with van der Waals surface area (Å²) in [5.74, 6) is 0.756. The fourth-order valence-electron chi connectivity index (χ4n) is 1.77. The van der Waals surface area contributed by atoms with Crippen molar-refractivity contribution in [3.63, 3.8) is 0 Å². The van der Waals surface area contributed by atoms with E-state index in [1.54, 1.807) is 12.3 Å². The van der Waals surface area contributed by atoms with E-state index in [9.17, 15) is 0 Å². The second-order valence-corrected chi connectivity index (χ2v) is 5.15. The van der Waals surface area contributed by atoms with Gasteiger partial charge in [0.2, 0.25) is 0 Å². The first-order valence-electron chi connectivity index (χ1n) is 6.21. The summed E-state index contributed by atoms with van der Waals surface area (Å²) >= 11 is 0. The van der Waals surface area contributed by atoms with Crippen molar-refractivity contribution in [2.75, 3.05) is 12.3 Å². The second kappa shape index (κ2) is 5.15. The number of anilines is 1. The second-order valence-electron chi connectivity index (χ2n) is 5.15. The number of fused-ring (bicyclic) bond motifs is 1. The Morgan fingerprint density at radius 3 is 2.89 bits per heavy atom. The highest BCUT2D eigenvalue weighted by atomic mass is 16.5. The topological polar surface area (TPSA) is 71.9 Å². The average Bonchev–Trinajstić information content (AvgIpc) is 2.42. The van der Waals surface area contributed by atoms with E-state index in [0.29, 0.717) is 18.7 Å². The van der Waals surface area contributed by atoms with Gasteiger partial charge in [0.25, 0.3) is 0 Å². The van der Waals surface area contributed by atoms with E-state index in [2.05, 4.69) is 11.1 Å². The van der Waals surface area contributed by atoms with Crippen LogP contribution < -0.4 is 10.5 Å². The first-order chi connectivity index (χ1) is 9.03. The lowest BCUT2D eigenvalue weighted by atomic mass is 9.92. The highest BCUT2D eigenvalue weighted by Crippen LogP contribution is 2.29. The van der Waals surface area contributed by atoms with E-state index in [-0.39, 0.29) is 5.41 Å². The molecular weight excluding hydrogens is 238 g/mol. The quantitative estimate of drug-likeness (QED) is 0.852. The minimum absolute atomic E-state index is 0.373. The van der Waals surface area contributed by atoms with Crippen LogP contribution in [0.4, 0.5) is 5.69 Å². The molecule has 19 heavy (non-hydrogen) atoms. The SMILES string of the molecule is CC(C)(C#N)CCOc1ccc(N)c2ncccc12. The zero-order valence-electron chi connectivity index (χ0n) is 11.2. The predicted molar refractivity (Wildman–Crippen MR) is 75.7 cm³/mol. The Labute approximate surface area is 112 Å². The summed E-state index contributed by atoms with van der Waals surface area (Å²) in [4.78, 5) is 4.26. The molecule has 98 valence electrons. The highest BCUT2D eigenvalue weighted by Gasteiger charge is 2.16. The first-order valence-corrected chi connectivity index (χ1v) is 6.21. The number of nitrogen functional groups attached to an aromatic ring is 1. The number of benzene rings is 1. The molecular formula is C15H17N3O. The van der Waals surface area contributed by atoms with Crippen LogP contribution in [0.3, 0.4) is 0 Å². The molecule has 4 heteroatoms. The largest absolute Gasteiger partial charge is 0.493 e. The van der Waals surface area contributed by atoms with Crippen molar-refractivity contribution in [3.8, 4) is 11.8 Å². The number of hydrogen-bond donors (Lipinski definition) is 1. The number of nitrogens with two attached hydrogens (primary N) is 1. The molecule has 1 aromatic carbocycles. The Hall–Kier alpha value is -2.28. The van der Waals surface area contributed by atoms with Crippen molar-refractivity contribution >= 4 is 16.6 Å². The smallest absolute Gasteiger partial charge is 0.128 e. The predicted octanol–water partition coefficient (Wildman–Crippen LogP) is 3.14. The zero-order valence-corrected chi connectivity index (χ0v) is 11.2. The van der Waals surface area contributed by atoms with Gasteiger partial charge in [-0.1, -0.05) is 0 Å². The van der Waals surface area contributed by atoms with Crippen LogP contribution in [0.15, 0.2) is 30.5 Å². The fourth-order valence-corrected chi connectivity index (χ4v) is 1.77. The molecule has 0 saturated heterocycles. The van der Waals surface area contributed by atoms with Gasteiger partial charge < -0.3 is 10.5 Å². The molecule has 0 unspecified atom stereocenters. The molecule has 0 bridgehead atoms. The van der Waals surface area contributed by atoms with Crippen molar-refractivity contribution in [2.24, 2.45) is 5.41 Å². The molecule has 0 aliphatic rings. The Morgan fingerprint density at radius 2 is 2.16 bits per heavy atom. The van der Waals surface area contributed by atoms with Gasteiger partial charge in [0.1, 0.15) is 5.75 Å². The normalized spacial score (nSPS) is 11.2. The van der Waals surface area contributed by atoms with Gasteiger partial charge in [0, 0.05) is 11.6 Å². The molecule has 0 aliphatic heterocycles. The number of rotatable bonds is 4. The fraction of sp³-hybridized carbons (Fsp3) is 0.333. The maximum atomic E-state index is 8.97. The van der Waals surface area contributed by atoms with Gasteiger partial charge in [-0.3, -0.25) is 4.98 Å². The summed E-state index contributed by atoms with van der Waals surface area (Å²) in [5, 5.41) is 9.87. The third-order valence-electron chi connectivity index (χ3n) is 3.05. The van der Waals surface area contributed by atoms with Crippen LogP contribution in [0.25, 0.3) is 10.9 Å². The molecule has 4 nitrogen and oxygen atoms in total. The molecule has 1 heterocycles. The van der Waals surface area contributed by atoms with Gasteiger partial charge in [-0.05, 0) is 44.5 Å². The van der Waals surface area contributed by atoms with Crippen LogP contribution in [-0.2, 0) is 0 Å². The Bertz CT molecular complexity index is 629. The lowest BCUT2D eigenvalue weighted by Gasteiger charge is -2.16. The first kappa shape index (κ1) is 13.2. The highest BCUT2D eigenvalue weighted by molar-refractivity contribution is 5.93. The minimum atomic E-state index is -0.373.